The maximum Gasteiger partial charge on any atom is 0.271 e. The zero-order valence-electron chi connectivity index (χ0n) is 13.3. The van der Waals surface area contributed by atoms with Gasteiger partial charge in [-0.25, -0.2) is 4.98 Å². The molecule has 8 heteroatoms. The highest BCUT2D eigenvalue weighted by atomic mass is 32.2. The Morgan fingerprint density at radius 3 is 2.52 bits per heavy atom. The summed E-state index contributed by atoms with van der Waals surface area (Å²) in [5.74, 6) is -0.846. The van der Waals surface area contributed by atoms with Gasteiger partial charge >= 0.3 is 0 Å². The summed E-state index contributed by atoms with van der Waals surface area (Å²) in [5.41, 5.74) is 6.37. The lowest BCUT2D eigenvalue weighted by Crippen LogP contribution is -2.41. The third-order valence-electron chi connectivity index (χ3n) is 3.39. The minimum Gasteiger partial charge on any atom is -0.295 e. The van der Waals surface area contributed by atoms with E-state index in [2.05, 4.69) is 20.8 Å². The number of thioether (sulfide) groups is 1. The quantitative estimate of drug-likeness (QED) is 0.554. The van der Waals surface area contributed by atoms with E-state index in [9.17, 15) is 9.59 Å². The maximum absolute atomic E-state index is 12.3. The number of nitrogens with one attached hydrogen (secondary N) is 2. The highest BCUT2D eigenvalue weighted by Gasteiger charge is 2.11. The molecule has 2 aromatic heterocycles. The van der Waals surface area contributed by atoms with Gasteiger partial charge in [-0.3, -0.25) is 30.0 Å². The molecular formula is C17H15N5O2S. The van der Waals surface area contributed by atoms with Gasteiger partial charge in [-0.1, -0.05) is 17.8 Å². The van der Waals surface area contributed by atoms with Crippen molar-refractivity contribution in [2.45, 2.75) is 5.16 Å². The van der Waals surface area contributed by atoms with Gasteiger partial charge in [0.25, 0.3) is 11.8 Å². The first-order valence-corrected chi connectivity index (χ1v) is 8.60. The van der Waals surface area contributed by atoms with Gasteiger partial charge in [0.05, 0.1) is 5.56 Å². The molecule has 126 valence electrons. The van der Waals surface area contributed by atoms with Crippen LogP contribution in [0.3, 0.4) is 0 Å². The minimum atomic E-state index is -0.433. The number of carbonyl (C=O) groups is 2. The van der Waals surface area contributed by atoms with Crippen LogP contribution in [0.1, 0.15) is 20.7 Å². The molecule has 0 saturated heterocycles. The Morgan fingerprint density at radius 2 is 1.80 bits per heavy atom. The zero-order valence-corrected chi connectivity index (χ0v) is 14.2. The number of hydrogen-bond donors (Lipinski definition) is 2. The van der Waals surface area contributed by atoms with Crippen LogP contribution in [-0.4, -0.2) is 32.6 Å². The lowest BCUT2D eigenvalue weighted by Gasteiger charge is -2.10. The summed E-state index contributed by atoms with van der Waals surface area (Å²) in [6, 6.07) is 10.3. The van der Waals surface area contributed by atoms with E-state index < -0.39 is 11.8 Å². The van der Waals surface area contributed by atoms with Gasteiger partial charge in [0.15, 0.2) is 5.16 Å². The number of aromatic nitrogens is 3. The number of hydrazine groups is 1. The van der Waals surface area contributed by atoms with Crippen LogP contribution in [0.25, 0.3) is 5.69 Å². The maximum atomic E-state index is 12.3. The molecule has 0 unspecified atom stereocenters. The summed E-state index contributed by atoms with van der Waals surface area (Å²) in [6.07, 6.45) is 8.45. The van der Waals surface area contributed by atoms with Gasteiger partial charge in [0, 0.05) is 36.0 Å². The molecule has 2 heterocycles. The third kappa shape index (κ3) is 3.86. The summed E-state index contributed by atoms with van der Waals surface area (Å²) in [5, 5.41) is 0.822. The van der Waals surface area contributed by atoms with Gasteiger partial charge in [-0.05, 0) is 36.6 Å². The molecular weight excluding hydrogens is 338 g/mol. The fourth-order valence-corrected chi connectivity index (χ4v) is 2.72. The number of benzene rings is 1. The molecule has 0 aliphatic heterocycles. The van der Waals surface area contributed by atoms with Crippen LogP contribution in [-0.2, 0) is 0 Å². The first-order valence-electron chi connectivity index (χ1n) is 7.37. The molecule has 3 rings (SSSR count). The van der Waals surface area contributed by atoms with Crippen LogP contribution in [0.2, 0.25) is 0 Å². The second kappa shape index (κ2) is 7.63. The standard InChI is InChI=1S/C17H15N5O2S/c1-25-17-19-8-9-22(17)14-6-2-4-12(10-14)15(23)20-21-16(24)13-5-3-7-18-11-13/h2-11H,1H3,(H,20,23)(H,21,24). The van der Waals surface area contributed by atoms with Gasteiger partial charge in [-0.2, -0.15) is 0 Å². The van der Waals surface area contributed by atoms with Crippen molar-refractivity contribution in [2.24, 2.45) is 0 Å². The SMILES string of the molecule is CSc1nccn1-c1cccc(C(=O)NNC(=O)c2cccnc2)c1. The van der Waals surface area contributed by atoms with Gasteiger partial charge < -0.3 is 0 Å². The Bertz CT molecular complexity index is 895. The Morgan fingerprint density at radius 1 is 1.04 bits per heavy atom. The molecule has 3 aromatic rings. The third-order valence-corrected chi connectivity index (χ3v) is 4.06. The topological polar surface area (TPSA) is 88.9 Å². The molecule has 2 amide bonds. The monoisotopic (exact) mass is 353 g/mol. The minimum absolute atomic E-state index is 0.361. The van der Waals surface area contributed by atoms with E-state index >= 15 is 0 Å². The molecule has 0 radical (unpaired) electrons. The summed E-state index contributed by atoms with van der Waals surface area (Å²) in [6.45, 7) is 0. The smallest absolute Gasteiger partial charge is 0.271 e. The fourth-order valence-electron chi connectivity index (χ4n) is 2.19. The number of carbonyl (C=O) groups excluding carboxylic acids is 2. The number of rotatable bonds is 4. The first-order chi connectivity index (χ1) is 12.2. The fraction of sp³-hybridized carbons (Fsp3) is 0.0588. The van der Waals surface area contributed by atoms with Crippen LogP contribution in [0.4, 0.5) is 0 Å². The highest BCUT2D eigenvalue weighted by Crippen LogP contribution is 2.18. The second-order valence-corrected chi connectivity index (χ2v) is 5.76. The molecule has 0 aliphatic carbocycles. The zero-order chi connectivity index (χ0) is 17.6. The Balaban J connectivity index is 1.71. The van der Waals surface area contributed by atoms with Crippen LogP contribution in [0.15, 0.2) is 66.3 Å². The first kappa shape index (κ1) is 16.7. The molecule has 7 nitrogen and oxygen atoms in total. The van der Waals surface area contributed by atoms with Gasteiger partial charge in [0.1, 0.15) is 0 Å². The average molecular weight is 353 g/mol. The summed E-state index contributed by atoms with van der Waals surface area (Å²) in [7, 11) is 0. The highest BCUT2D eigenvalue weighted by molar-refractivity contribution is 7.98. The van der Waals surface area contributed by atoms with E-state index in [1.807, 2.05) is 23.1 Å². The summed E-state index contributed by atoms with van der Waals surface area (Å²) >= 11 is 1.51. The van der Waals surface area contributed by atoms with E-state index in [0.717, 1.165) is 10.8 Å². The predicted octanol–water partition coefficient (Wildman–Crippen LogP) is 2.06. The normalized spacial score (nSPS) is 10.3. The van der Waals surface area contributed by atoms with E-state index in [-0.39, 0.29) is 0 Å². The lowest BCUT2D eigenvalue weighted by molar-refractivity contribution is 0.0846. The Hall–Kier alpha value is -3.13. The van der Waals surface area contributed by atoms with Crippen molar-refractivity contribution in [3.05, 3.63) is 72.3 Å². The van der Waals surface area contributed by atoms with Crippen LogP contribution in [0, 0.1) is 0 Å². The largest absolute Gasteiger partial charge is 0.295 e. The number of hydrogen-bond acceptors (Lipinski definition) is 5. The number of pyridine rings is 1. The molecule has 25 heavy (non-hydrogen) atoms. The van der Waals surface area contributed by atoms with E-state index in [1.54, 1.807) is 42.7 Å². The van der Waals surface area contributed by atoms with E-state index in [1.165, 1.54) is 18.0 Å². The van der Waals surface area contributed by atoms with Gasteiger partial charge in [-0.15, -0.1) is 0 Å². The molecule has 0 fully saturated rings. The molecule has 0 aliphatic rings. The van der Waals surface area contributed by atoms with Crippen molar-refractivity contribution < 1.29 is 9.59 Å². The predicted molar refractivity (Wildman–Crippen MR) is 94.5 cm³/mol. The Labute approximate surface area is 148 Å². The van der Waals surface area contributed by atoms with Crippen molar-refractivity contribution in [3.63, 3.8) is 0 Å². The molecule has 0 spiro atoms. The van der Waals surface area contributed by atoms with E-state index in [0.29, 0.717) is 11.1 Å². The second-order valence-electron chi connectivity index (χ2n) is 4.98. The van der Waals surface area contributed by atoms with Gasteiger partial charge in [0.2, 0.25) is 0 Å². The number of imidazole rings is 1. The molecule has 0 saturated carbocycles. The summed E-state index contributed by atoms with van der Waals surface area (Å²) < 4.78 is 1.88. The van der Waals surface area contributed by atoms with Crippen molar-refractivity contribution in [1.29, 1.82) is 0 Å². The molecule has 2 N–H and O–H groups in total. The van der Waals surface area contributed by atoms with Crippen molar-refractivity contribution in [2.75, 3.05) is 6.26 Å². The van der Waals surface area contributed by atoms with Crippen LogP contribution in [0.5, 0.6) is 0 Å². The van der Waals surface area contributed by atoms with Crippen LogP contribution >= 0.6 is 11.8 Å². The van der Waals surface area contributed by atoms with Crippen molar-refractivity contribution in [3.8, 4) is 5.69 Å². The Kier molecular flexibility index (Phi) is 5.10. The number of amides is 2. The van der Waals surface area contributed by atoms with Crippen molar-refractivity contribution >= 4 is 23.6 Å². The summed E-state index contributed by atoms with van der Waals surface area (Å²) in [4.78, 5) is 32.3. The lowest BCUT2D eigenvalue weighted by atomic mass is 10.2. The van der Waals surface area contributed by atoms with E-state index in [4.69, 9.17) is 0 Å². The molecule has 1 aromatic carbocycles. The van der Waals surface area contributed by atoms with Crippen LogP contribution < -0.4 is 10.9 Å². The molecule has 0 bridgehead atoms. The average Bonchev–Trinajstić information content (AvgIpc) is 3.15. The molecule has 0 atom stereocenters. The number of nitrogens with zero attached hydrogens (tertiary/aromatic N) is 3. The van der Waals surface area contributed by atoms with Crippen molar-refractivity contribution in [1.82, 2.24) is 25.4 Å².